The molecule has 5 aromatic rings. The van der Waals surface area contributed by atoms with Gasteiger partial charge in [-0.1, -0.05) is 110 Å². The van der Waals surface area contributed by atoms with Gasteiger partial charge in [0.1, 0.15) is 5.82 Å². The number of benzene rings is 3. The minimum Gasteiger partial charge on any atom is -0.405 e. The average Bonchev–Trinajstić information content (AvgIpc) is 3.56. The zero-order valence-electron chi connectivity index (χ0n) is 24.1. The number of halogens is 2. The summed E-state index contributed by atoms with van der Waals surface area (Å²) < 4.78 is 10.7. The Bertz CT molecular complexity index is 1830. The fourth-order valence-corrected chi connectivity index (χ4v) is 11.7. The third-order valence-corrected chi connectivity index (χ3v) is 14.2. The molecule has 1 aliphatic carbocycles. The number of hydrogen-bond acceptors (Lipinski definition) is 5. The van der Waals surface area contributed by atoms with Crippen LogP contribution in [0, 0.1) is 5.92 Å². The monoisotopic (exact) mass is 627 g/mol. The van der Waals surface area contributed by atoms with Crippen LogP contribution >= 0.6 is 23.2 Å². The van der Waals surface area contributed by atoms with Crippen molar-refractivity contribution in [3.05, 3.63) is 117 Å². The lowest BCUT2D eigenvalue weighted by Crippen LogP contribution is -2.67. The van der Waals surface area contributed by atoms with E-state index in [1.165, 1.54) is 10.4 Å². The molecule has 3 aromatic carbocycles. The molecule has 0 spiro atoms. The fourth-order valence-electron chi connectivity index (χ4n) is 6.81. The first-order valence-electron chi connectivity index (χ1n) is 14.4. The second-order valence-corrected chi connectivity index (χ2v) is 17.5. The predicted octanol–water partition coefficient (Wildman–Crippen LogP) is 6.03. The molecule has 218 valence electrons. The van der Waals surface area contributed by atoms with Crippen LogP contribution in [0.25, 0.3) is 16.9 Å². The molecule has 0 radical (unpaired) electrons. The third kappa shape index (κ3) is 4.77. The zero-order valence-corrected chi connectivity index (χ0v) is 26.6. The molecule has 2 aromatic heterocycles. The van der Waals surface area contributed by atoms with Crippen LogP contribution in [0.3, 0.4) is 0 Å². The van der Waals surface area contributed by atoms with Gasteiger partial charge in [-0.25, -0.2) is 9.67 Å². The van der Waals surface area contributed by atoms with Crippen molar-refractivity contribution in [2.45, 2.75) is 44.2 Å². The van der Waals surface area contributed by atoms with E-state index in [4.69, 9.17) is 32.6 Å². The van der Waals surface area contributed by atoms with Gasteiger partial charge < -0.3 is 4.43 Å². The van der Waals surface area contributed by atoms with Crippen LogP contribution in [-0.2, 0) is 4.43 Å². The van der Waals surface area contributed by atoms with Crippen LogP contribution in [0.1, 0.15) is 45.0 Å². The fraction of sp³-hybridized carbons (Fsp3) is 0.273. The Kier molecular flexibility index (Phi) is 6.93. The van der Waals surface area contributed by atoms with Gasteiger partial charge in [-0.3, -0.25) is 9.36 Å². The number of aromatic nitrogens is 5. The highest BCUT2D eigenvalue weighted by Crippen LogP contribution is 2.58. The van der Waals surface area contributed by atoms with E-state index in [9.17, 15) is 4.79 Å². The number of rotatable bonds is 7. The maximum atomic E-state index is 13.9. The van der Waals surface area contributed by atoms with Gasteiger partial charge in [0.15, 0.2) is 5.15 Å². The molecule has 0 amide bonds. The van der Waals surface area contributed by atoms with Crippen molar-refractivity contribution in [3.63, 3.8) is 0 Å². The normalized spacial score (nSPS) is 19.2. The maximum absolute atomic E-state index is 13.9. The molecular formula is C33H31Cl2N5O2Si. The zero-order chi connectivity index (χ0) is 29.9. The second kappa shape index (κ2) is 10.6. The standard InChI is InChI=1S/C33H31Cl2N5O2Si/c1-33(2,3)43(22-10-6-4-7-11-22,23-12-8-5-9-13-23)42-20-29-24-17-25(24)32-36-27(18-31(41)40(29)32)26-16-21(34)14-15-28(26)39-19-30(35)37-38-39/h4-16,18-19,24-25,29H,17,20H2,1-3H3/t24-,25+,29+/m0/s1. The van der Waals surface area contributed by atoms with Crippen molar-refractivity contribution >= 4 is 41.9 Å². The molecule has 43 heavy (non-hydrogen) atoms. The molecule has 1 saturated carbocycles. The van der Waals surface area contributed by atoms with Crippen LogP contribution in [0.4, 0.5) is 0 Å². The van der Waals surface area contributed by atoms with Gasteiger partial charge in [-0.05, 0) is 45.9 Å². The molecule has 7 rings (SSSR count). The van der Waals surface area contributed by atoms with Crippen molar-refractivity contribution in [3.8, 4) is 16.9 Å². The summed E-state index contributed by atoms with van der Waals surface area (Å²) in [5.74, 6) is 1.36. The highest BCUT2D eigenvalue weighted by Gasteiger charge is 2.56. The van der Waals surface area contributed by atoms with Gasteiger partial charge in [-0.2, -0.15) is 0 Å². The van der Waals surface area contributed by atoms with Crippen LogP contribution in [-0.4, -0.2) is 39.5 Å². The summed E-state index contributed by atoms with van der Waals surface area (Å²) in [6.07, 6.45) is 2.61. The highest BCUT2D eigenvalue weighted by molar-refractivity contribution is 6.99. The summed E-state index contributed by atoms with van der Waals surface area (Å²) in [4.78, 5) is 18.9. The Labute approximate surface area is 261 Å². The Balaban J connectivity index is 1.28. The molecule has 10 heteroatoms. The summed E-state index contributed by atoms with van der Waals surface area (Å²) in [5, 5.41) is 11.1. The molecule has 1 aliphatic heterocycles. The van der Waals surface area contributed by atoms with Crippen LogP contribution in [0.5, 0.6) is 0 Å². The molecular weight excluding hydrogens is 597 g/mol. The van der Waals surface area contributed by atoms with E-state index >= 15 is 0 Å². The van der Waals surface area contributed by atoms with Crippen molar-refractivity contribution < 1.29 is 4.43 Å². The largest absolute Gasteiger partial charge is 0.405 e. The maximum Gasteiger partial charge on any atom is 0.261 e. The number of fused-ring (bicyclic) bond motifs is 3. The number of nitrogens with zero attached hydrogens (tertiary/aromatic N) is 5. The summed E-state index contributed by atoms with van der Waals surface area (Å²) in [6, 6.07) is 28.1. The summed E-state index contributed by atoms with van der Waals surface area (Å²) >= 11 is 12.5. The van der Waals surface area contributed by atoms with E-state index in [1.54, 1.807) is 29.1 Å². The number of hydrogen-bond donors (Lipinski definition) is 0. The Hall–Kier alpha value is -3.56. The highest BCUT2D eigenvalue weighted by atomic mass is 35.5. The molecule has 0 unspecified atom stereocenters. The lowest BCUT2D eigenvalue weighted by molar-refractivity contribution is 0.224. The Morgan fingerprint density at radius 2 is 1.63 bits per heavy atom. The third-order valence-electron chi connectivity index (χ3n) is 8.81. The molecule has 7 nitrogen and oxygen atoms in total. The molecule has 1 fully saturated rings. The minimum atomic E-state index is -2.76. The average molecular weight is 629 g/mol. The molecule has 3 heterocycles. The summed E-state index contributed by atoms with van der Waals surface area (Å²) in [5.41, 5.74) is 1.85. The second-order valence-electron chi connectivity index (χ2n) is 12.4. The van der Waals surface area contributed by atoms with Crippen molar-refractivity contribution in [1.82, 2.24) is 24.5 Å². The summed E-state index contributed by atoms with van der Waals surface area (Å²) in [6.45, 7) is 7.26. The van der Waals surface area contributed by atoms with Crippen molar-refractivity contribution in [2.75, 3.05) is 6.61 Å². The Morgan fingerprint density at radius 3 is 2.23 bits per heavy atom. The predicted molar refractivity (Wildman–Crippen MR) is 172 cm³/mol. The van der Waals surface area contributed by atoms with Crippen LogP contribution in [0.15, 0.2) is 95.9 Å². The lowest BCUT2D eigenvalue weighted by Gasteiger charge is -2.43. The van der Waals surface area contributed by atoms with Gasteiger partial charge in [0.2, 0.25) is 0 Å². The van der Waals surface area contributed by atoms with E-state index in [0.29, 0.717) is 34.5 Å². The lowest BCUT2D eigenvalue weighted by atomic mass is 10.1. The van der Waals surface area contributed by atoms with E-state index in [1.807, 2.05) is 22.8 Å². The van der Waals surface area contributed by atoms with E-state index in [2.05, 4.69) is 79.6 Å². The molecule has 0 bridgehead atoms. The topological polar surface area (TPSA) is 74.8 Å². The molecule has 2 aliphatic rings. The van der Waals surface area contributed by atoms with Crippen LogP contribution < -0.4 is 15.9 Å². The molecule has 0 N–H and O–H groups in total. The van der Waals surface area contributed by atoms with Gasteiger partial charge in [-0.15, -0.1) is 5.10 Å². The smallest absolute Gasteiger partial charge is 0.261 e. The minimum absolute atomic E-state index is 0.0800. The first-order valence-corrected chi connectivity index (χ1v) is 17.1. The van der Waals surface area contributed by atoms with Crippen LogP contribution in [0.2, 0.25) is 15.2 Å². The summed E-state index contributed by atoms with van der Waals surface area (Å²) in [7, 11) is -2.76. The van der Waals surface area contributed by atoms with Gasteiger partial charge in [0.25, 0.3) is 13.9 Å². The Morgan fingerprint density at radius 1 is 0.953 bits per heavy atom. The van der Waals surface area contributed by atoms with Gasteiger partial charge >= 0.3 is 0 Å². The van der Waals surface area contributed by atoms with E-state index in [0.717, 1.165) is 12.2 Å². The first-order chi connectivity index (χ1) is 20.7. The van der Waals surface area contributed by atoms with Gasteiger partial charge in [0, 0.05) is 22.6 Å². The quantitative estimate of drug-likeness (QED) is 0.206. The molecule has 0 saturated heterocycles. The first kappa shape index (κ1) is 28.2. The van der Waals surface area contributed by atoms with E-state index in [-0.39, 0.29) is 27.7 Å². The van der Waals surface area contributed by atoms with Gasteiger partial charge in [0.05, 0.1) is 30.2 Å². The SMILES string of the molecule is CC(C)(C)[Si](OC[C@@H]1[C@H]2C[C@H]2c2nc(-c3cc(Cl)ccc3-n3cc(Cl)nn3)cc(=O)n21)(c1ccccc1)c1ccccc1. The van der Waals surface area contributed by atoms with E-state index < -0.39 is 8.32 Å². The van der Waals surface area contributed by atoms with Crippen molar-refractivity contribution in [2.24, 2.45) is 5.92 Å². The molecule has 3 atom stereocenters. The van der Waals surface area contributed by atoms with Crippen molar-refractivity contribution in [1.29, 1.82) is 0 Å².